The number of hydrogen-bond donors (Lipinski definition) is 2. The van der Waals surface area contributed by atoms with Crippen LogP contribution in [0.15, 0.2) is 84.9 Å². The largest absolute Gasteiger partial charge is 0.480 e. The molecule has 0 amide bonds. The second-order valence-electron chi connectivity index (χ2n) is 10.5. The van der Waals surface area contributed by atoms with Crippen molar-refractivity contribution in [3.63, 3.8) is 0 Å². The van der Waals surface area contributed by atoms with E-state index >= 15 is 0 Å². The summed E-state index contributed by atoms with van der Waals surface area (Å²) < 4.78 is 44.3. The average molecular weight is 605 g/mol. The van der Waals surface area contributed by atoms with Gasteiger partial charge in [0.1, 0.15) is 0 Å². The lowest BCUT2D eigenvalue weighted by Crippen LogP contribution is -2.29. The number of halogens is 3. The molecular formula is C35H35F3N2O4. The van der Waals surface area contributed by atoms with Gasteiger partial charge in [-0.25, -0.2) is 4.98 Å². The minimum Gasteiger partial charge on any atom is -0.480 e. The maximum Gasteiger partial charge on any atom is 0.416 e. The molecule has 0 saturated heterocycles. The van der Waals surface area contributed by atoms with Gasteiger partial charge in [-0.2, -0.15) is 13.2 Å². The Morgan fingerprint density at radius 1 is 0.909 bits per heavy atom. The Bertz CT molecular complexity index is 1560. The number of benzene rings is 3. The van der Waals surface area contributed by atoms with Crippen molar-refractivity contribution in [3.05, 3.63) is 107 Å². The number of rotatable bonds is 14. The van der Waals surface area contributed by atoms with Crippen LogP contribution in [0, 0.1) is 11.8 Å². The van der Waals surface area contributed by atoms with Gasteiger partial charge < -0.3 is 14.9 Å². The third-order valence-electron chi connectivity index (χ3n) is 7.04. The van der Waals surface area contributed by atoms with Gasteiger partial charge >= 0.3 is 12.1 Å². The van der Waals surface area contributed by atoms with E-state index in [0.29, 0.717) is 37.4 Å². The number of aliphatic hydroxyl groups excluding tert-OH is 1. The van der Waals surface area contributed by atoms with Crippen LogP contribution in [-0.4, -0.2) is 45.8 Å². The summed E-state index contributed by atoms with van der Waals surface area (Å²) in [6, 6.07) is 24.2. The Labute approximate surface area is 255 Å². The molecule has 1 aromatic heterocycles. The van der Waals surface area contributed by atoms with E-state index < -0.39 is 23.8 Å². The van der Waals surface area contributed by atoms with Gasteiger partial charge in [0.05, 0.1) is 36.9 Å². The molecule has 1 heterocycles. The van der Waals surface area contributed by atoms with Gasteiger partial charge in [0.2, 0.25) is 5.88 Å². The van der Waals surface area contributed by atoms with Crippen LogP contribution < -0.4 is 4.74 Å². The smallest absolute Gasteiger partial charge is 0.416 e. The van der Waals surface area contributed by atoms with Crippen molar-refractivity contribution >= 4 is 16.9 Å². The Balaban J connectivity index is 1.32. The maximum absolute atomic E-state index is 12.8. The molecule has 0 aliphatic carbocycles. The molecule has 6 nitrogen and oxygen atoms in total. The summed E-state index contributed by atoms with van der Waals surface area (Å²) in [4.78, 5) is 17.7. The molecule has 1 unspecified atom stereocenters. The van der Waals surface area contributed by atoms with Crippen LogP contribution in [-0.2, 0) is 23.9 Å². The average Bonchev–Trinajstić information content (AvgIpc) is 3.00. The first-order valence-electron chi connectivity index (χ1n) is 14.5. The number of ether oxygens (including phenoxy) is 1. The van der Waals surface area contributed by atoms with E-state index in [0.717, 1.165) is 47.0 Å². The molecule has 4 aromatic rings. The predicted octanol–water partition coefficient (Wildman–Crippen LogP) is 7.06. The lowest BCUT2D eigenvalue weighted by molar-refractivity contribution is -0.138. The summed E-state index contributed by atoms with van der Waals surface area (Å²) in [6.07, 6.45) is -2.18. The standard InChI is InChI=1S/C35H35F3N2O4/c36-35(37,38)29-19-17-26(18-20-29)11-5-2-10-22-44-34-30(23-28-14-6-7-15-31(28)39-34)32(41)16-8-9-21-40(25-33(42)43)24-27-12-3-1-4-13-27/h1,3-4,6-7,12-15,17-20,23,32,41H,2,5,10-11,16,21-22,24-25H2,(H,42,43). The van der Waals surface area contributed by atoms with E-state index in [1.807, 2.05) is 60.7 Å². The molecule has 0 fully saturated rings. The molecule has 0 aliphatic rings. The Morgan fingerprint density at radius 2 is 1.64 bits per heavy atom. The SMILES string of the molecule is O=C(O)CN(CC#CCC(O)c1cc2ccccc2nc1OCCCCCc1ccc(C(F)(F)F)cc1)Cc1ccccc1. The van der Waals surface area contributed by atoms with Crippen LogP contribution in [0.3, 0.4) is 0 Å². The second-order valence-corrected chi connectivity index (χ2v) is 10.5. The molecule has 0 aliphatic heterocycles. The number of fused-ring (bicyclic) bond motifs is 1. The van der Waals surface area contributed by atoms with Crippen molar-refractivity contribution < 1.29 is 32.9 Å². The molecule has 0 spiro atoms. The number of hydrogen-bond acceptors (Lipinski definition) is 5. The maximum atomic E-state index is 12.8. The fraction of sp³-hybridized carbons (Fsp3) is 0.314. The van der Waals surface area contributed by atoms with E-state index in [2.05, 4.69) is 16.8 Å². The summed E-state index contributed by atoms with van der Waals surface area (Å²) >= 11 is 0. The van der Waals surface area contributed by atoms with Crippen LogP contribution >= 0.6 is 0 Å². The highest BCUT2D eigenvalue weighted by atomic mass is 19.4. The van der Waals surface area contributed by atoms with Crippen molar-refractivity contribution in [3.8, 4) is 17.7 Å². The number of para-hydroxylation sites is 1. The third kappa shape index (κ3) is 10.1. The van der Waals surface area contributed by atoms with Crippen LogP contribution in [0.4, 0.5) is 13.2 Å². The zero-order valence-corrected chi connectivity index (χ0v) is 24.3. The van der Waals surface area contributed by atoms with Gasteiger partial charge in [0.25, 0.3) is 0 Å². The summed E-state index contributed by atoms with van der Waals surface area (Å²) in [5.74, 6) is 5.37. The van der Waals surface area contributed by atoms with Crippen molar-refractivity contribution in [1.82, 2.24) is 9.88 Å². The van der Waals surface area contributed by atoms with Crippen molar-refractivity contribution in [2.45, 2.75) is 50.9 Å². The van der Waals surface area contributed by atoms with E-state index in [-0.39, 0.29) is 19.5 Å². The number of carboxylic acid groups (broad SMARTS) is 1. The lowest BCUT2D eigenvalue weighted by Gasteiger charge is -2.17. The monoisotopic (exact) mass is 604 g/mol. The zero-order valence-electron chi connectivity index (χ0n) is 24.3. The van der Waals surface area contributed by atoms with E-state index in [4.69, 9.17) is 4.74 Å². The van der Waals surface area contributed by atoms with Crippen LogP contribution in [0.2, 0.25) is 0 Å². The first-order chi connectivity index (χ1) is 21.2. The van der Waals surface area contributed by atoms with Gasteiger partial charge in [0, 0.05) is 23.9 Å². The van der Waals surface area contributed by atoms with Gasteiger partial charge in [-0.15, -0.1) is 0 Å². The molecule has 0 bridgehead atoms. The van der Waals surface area contributed by atoms with E-state index in [1.165, 1.54) is 12.1 Å². The van der Waals surface area contributed by atoms with Gasteiger partial charge in [-0.3, -0.25) is 9.69 Å². The minimum absolute atomic E-state index is 0.121. The molecular weight excluding hydrogens is 569 g/mol. The van der Waals surface area contributed by atoms with Crippen molar-refractivity contribution in [1.29, 1.82) is 0 Å². The highest BCUT2D eigenvalue weighted by molar-refractivity contribution is 5.80. The molecule has 230 valence electrons. The number of aryl methyl sites for hydroxylation is 1. The molecule has 44 heavy (non-hydrogen) atoms. The number of aromatic nitrogens is 1. The number of unbranched alkanes of at least 4 members (excludes halogenated alkanes) is 2. The molecule has 3 aromatic carbocycles. The molecule has 1 atom stereocenters. The quantitative estimate of drug-likeness (QED) is 0.119. The first-order valence-corrected chi connectivity index (χ1v) is 14.5. The minimum atomic E-state index is -4.34. The van der Waals surface area contributed by atoms with Crippen LogP contribution in [0.5, 0.6) is 5.88 Å². The molecule has 4 rings (SSSR count). The Kier molecular flexibility index (Phi) is 11.8. The van der Waals surface area contributed by atoms with Crippen molar-refractivity contribution in [2.24, 2.45) is 0 Å². The number of carboxylic acids is 1. The van der Waals surface area contributed by atoms with Gasteiger partial charge in [-0.1, -0.05) is 72.5 Å². The predicted molar refractivity (Wildman–Crippen MR) is 163 cm³/mol. The third-order valence-corrected chi connectivity index (χ3v) is 7.04. The van der Waals surface area contributed by atoms with Crippen LogP contribution in [0.1, 0.15) is 54.0 Å². The zero-order chi connectivity index (χ0) is 31.4. The van der Waals surface area contributed by atoms with E-state index in [1.54, 1.807) is 4.90 Å². The fourth-order valence-corrected chi connectivity index (χ4v) is 4.75. The normalized spacial score (nSPS) is 12.1. The summed E-state index contributed by atoms with van der Waals surface area (Å²) in [5.41, 5.74) is 2.45. The molecule has 0 saturated carbocycles. The number of nitrogens with zero attached hydrogens (tertiary/aromatic N) is 2. The molecule has 0 radical (unpaired) electrons. The van der Waals surface area contributed by atoms with Crippen molar-refractivity contribution in [2.75, 3.05) is 19.7 Å². The lowest BCUT2D eigenvalue weighted by atomic mass is 10.0. The molecule has 9 heteroatoms. The van der Waals surface area contributed by atoms with Crippen LogP contribution in [0.25, 0.3) is 10.9 Å². The fourth-order valence-electron chi connectivity index (χ4n) is 4.75. The number of alkyl halides is 3. The number of carbonyl (C=O) groups is 1. The second kappa shape index (κ2) is 15.9. The number of aliphatic carboxylic acids is 1. The number of aliphatic hydroxyl groups is 1. The summed E-state index contributed by atoms with van der Waals surface area (Å²) in [6.45, 7) is 0.900. The Hall–Kier alpha value is -4.39. The topological polar surface area (TPSA) is 82.9 Å². The summed E-state index contributed by atoms with van der Waals surface area (Å²) in [7, 11) is 0. The van der Waals surface area contributed by atoms with E-state index in [9.17, 15) is 28.2 Å². The summed E-state index contributed by atoms with van der Waals surface area (Å²) in [5, 5.41) is 21.2. The highest BCUT2D eigenvalue weighted by Crippen LogP contribution is 2.30. The molecule has 2 N–H and O–H groups in total. The Morgan fingerprint density at radius 3 is 2.36 bits per heavy atom. The number of pyridine rings is 1. The van der Waals surface area contributed by atoms with Gasteiger partial charge in [0.15, 0.2) is 0 Å². The highest BCUT2D eigenvalue weighted by Gasteiger charge is 2.29. The van der Waals surface area contributed by atoms with Gasteiger partial charge in [-0.05, 0) is 61.1 Å². The first kappa shape index (κ1) is 32.5.